The van der Waals surface area contributed by atoms with Gasteiger partial charge in [-0.3, -0.25) is 9.59 Å². The molecule has 2 heteroatoms. The minimum Gasteiger partial charge on any atom is -0.289 e. The van der Waals surface area contributed by atoms with E-state index in [2.05, 4.69) is 82.8 Å². The van der Waals surface area contributed by atoms with E-state index in [4.69, 9.17) is 0 Å². The molecule has 42 heavy (non-hydrogen) atoms. The van der Waals surface area contributed by atoms with Crippen molar-refractivity contribution in [1.29, 1.82) is 0 Å². The van der Waals surface area contributed by atoms with Gasteiger partial charge in [0.15, 0.2) is 11.6 Å². The van der Waals surface area contributed by atoms with Gasteiger partial charge in [0.2, 0.25) is 0 Å². The normalized spacial score (nSPS) is 24.3. The number of hydrogen-bond acceptors (Lipinski definition) is 2. The SMILES string of the molecule is C=C1C=C2C3=CCc4cc5c(cc4C1CC)C(CC)c1cc4c(cc1C5=O)Cc1cc(c(cc1C4CC)C2CC)C3=O. The Morgan fingerprint density at radius 2 is 1.07 bits per heavy atom. The summed E-state index contributed by atoms with van der Waals surface area (Å²) in [5.74, 6) is 1.03. The summed E-state index contributed by atoms with van der Waals surface area (Å²) in [6, 6.07) is 13.8. The average molecular weight is 551 g/mol. The molecular formula is C40H38O2. The molecule has 3 aromatic carbocycles. The number of carbonyl (C=O) groups is 2. The van der Waals surface area contributed by atoms with Crippen LogP contribution in [0.2, 0.25) is 0 Å². The maximum Gasteiger partial charge on any atom is 0.193 e. The molecular weight excluding hydrogens is 512 g/mol. The smallest absolute Gasteiger partial charge is 0.193 e. The van der Waals surface area contributed by atoms with Gasteiger partial charge in [-0.1, -0.05) is 64.6 Å². The zero-order valence-electron chi connectivity index (χ0n) is 25.2. The van der Waals surface area contributed by atoms with E-state index in [1.165, 1.54) is 44.5 Å². The fraction of sp³-hybridized carbons (Fsp3) is 0.350. The number of Topliss-reactive ketones (excluding diaryl/α,β-unsaturated/α-hetero) is 1. The molecule has 0 N–H and O–H groups in total. The van der Waals surface area contributed by atoms with E-state index in [1.54, 1.807) is 0 Å². The second-order valence-electron chi connectivity index (χ2n) is 13.1. The summed E-state index contributed by atoms with van der Waals surface area (Å²) in [5.41, 5.74) is 16.8. The van der Waals surface area contributed by atoms with E-state index in [0.29, 0.717) is 6.42 Å². The van der Waals surface area contributed by atoms with E-state index in [-0.39, 0.29) is 35.2 Å². The summed E-state index contributed by atoms with van der Waals surface area (Å²) in [6.45, 7) is 13.7. The quantitative estimate of drug-likeness (QED) is 0.324. The molecule has 0 spiro atoms. The summed E-state index contributed by atoms with van der Waals surface area (Å²) in [6.07, 6.45) is 9.62. The monoisotopic (exact) mass is 550 g/mol. The fourth-order valence-electron chi connectivity index (χ4n) is 9.17. The van der Waals surface area contributed by atoms with Crippen molar-refractivity contribution >= 4 is 11.6 Å². The Morgan fingerprint density at radius 1 is 0.595 bits per heavy atom. The fourth-order valence-corrected chi connectivity index (χ4v) is 9.17. The molecule has 8 rings (SSSR count). The predicted octanol–water partition coefficient (Wildman–Crippen LogP) is 9.38. The van der Waals surface area contributed by atoms with Crippen LogP contribution in [0, 0.1) is 0 Å². The van der Waals surface area contributed by atoms with Crippen molar-refractivity contribution in [3.8, 4) is 0 Å². The number of allylic oxidation sites excluding steroid dienone is 5. The molecule has 3 aromatic rings. The van der Waals surface area contributed by atoms with Crippen LogP contribution in [-0.2, 0) is 12.8 Å². The molecule has 210 valence electrons. The van der Waals surface area contributed by atoms with Gasteiger partial charge in [0.05, 0.1) is 0 Å². The Labute approximate surface area is 249 Å². The molecule has 0 aromatic heterocycles. The highest BCUT2D eigenvalue weighted by Crippen LogP contribution is 2.51. The third kappa shape index (κ3) is 3.27. The van der Waals surface area contributed by atoms with E-state index in [0.717, 1.165) is 71.1 Å². The van der Waals surface area contributed by atoms with E-state index in [1.807, 2.05) is 0 Å². The molecule has 0 saturated carbocycles. The second-order valence-corrected chi connectivity index (χ2v) is 13.1. The van der Waals surface area contributed by atoms with Crippen LogP contribution < -0.4 is 0 Å². The van der Waals surface area contributed by atoms with E-state index >= 15 is 0 Å². The van der Waals surface area contributed by atoms with Crippen LogP contribution >= 0.6 is 0 Å². The number of carbonyl (C=O) groups excluding carboxylic acids is 2. The molecule has 2 nitrogen and oxygen atoms in total. The predicted molar refractivity (Wildman–Crippen MR) is 169 cm³/mol. The standard InChI is InChI=1S/C40H38O2/c1-6-24-20(5)12-32-26(8-3)34-18-30-22-13-23-16-38-35(19-31(23)25(30)7-2)27(9-4)33-17-29(24)21(14-36(33)40(38)42)10-11-28(32)39(41)37(34)15-22/h11-12,14-19,24-27H,5-10,13H2,1-4H3. The molecule has 0 aliphatic heterocycles. The summed E-state index contributed by atoms with van der Waals surface area (Å²) in [4.78, 5) is 28.8. The van der Waals surface area contributed by atoms with Crippen molar-refractivity contribution in [2.24, 2.45) is 0 Å². The van der Waals surface area contributed by atoms with Crippen LogP contribution in [0.5, 0.6) is 0 Å². The Kier molecular flexibility index (Phi) is 5.61. The molecule has 0 fully saturated rings. The van der Waals surface area contributed by atoms with Crippen molar-refractivity contribution < 1.29 is 9.59 Å². The van der Waals surface area contributed by atoms with Crippen LogP contribution in [0.25, 0.3) is 0 Å². The Bertz CT molecular complexity index is 1840. The van der Waals surface area contributed by atoms with Crippen LogP contribution in [-0.4, -0.2) is 11.6 Å². The van der Waals surface area contributed by atoms with Gasteiger partial charge >= 0.3 is 0 Å². The van der Waals surface area contributed by atoms with Crippen LogP contribution in [0.1, 0.15) is 153 Å². The van der Waals surface area contributed by atoms with Crippen LogP contribution in [0.4, 0.5) is 0 Å². The number of hydrogen-bond donors (Lipinski definition) is 0. The van der Waals surface area contributed by atoms with Gasteiger partial charge in [0, 0.05) is 45.9 Å². The Balaban J connectivity index is 1.55. The lowest BCUT2D eigenvalue weighted by molar-refractivity contribution is 0.102. The first-order chi connectivity index (χ1) is 20.4. The van der Waals surface area contributed by atoms with Crippen molar-refractivity contribution in [2.75, 3.05) is 0 Å². The maximum atomic E-state index is 14.4. The zero-order valence-corrected chi connectivity index (χ0v) is 25.2. The average Bonchev–Trinajstić information content (AvgIpc) is 3.04. The molecule has 7 bridgehead atoms. The summed E-state index contributed by atoms with van der Waals surface area (Å²) < 4.78 is 0. The first kappa shape index (κ1) is 25.9. The van der Waals surface area contributed by atoms with Gasteiger partial charge in [-0.15, -0.1) is 0 Å². The zero-order chi connectivity index (χ0) is 29.0. The number of benzene rings is 3. The van der Waals surface area contributed by atoms with Gasteiger partial charge in [0.1, 0.15) is 0 Å². The van der Waals surface area contributed by atoms with Gasteiger partial charge in [-0.05, 0) is 118 Å². The molecule has 4 atom stereocenters. The molecule has 0 heterocycles. The Hall–Kier alpha value is -3.78. The number of fused-ring (bicyclic) bond motifs is 1. The van der Waals surface area contributed by atoms with Crippen molar-refractivity contribution in [2.45, 2.75) is 89.9 Å². The number of ketones is 2. The topological polar surface area (TPSA) is 34.1 Å². The van der Waals surface area contributed by atoms with Crippen LogP contribution in [0.3, 0.4) is 0 Å². The first-order valence-electron chi connectivity index (χ1n) is 16.1. The lowest BCUT2D eigenvalue weighted by Crippen LogP contribution is -2.25. The van der Waals surface area contributed by atoms with Gasteiger partial charge in [-0.25, -0.2) is 0 Å². The Morgan fingerprint density at radius 3 is 1.64 bits per heavy atom. The third-order valence-corrected chi connectivity index (χ3v) is 11.2. The lowest BCUT2D eigenvalue weighted by Gasteiger charge is -2.36. The molecule has 0 saturated heterocycles. The largest absolute Gasteiger partial charge is 0.289 e. The molecule has 4 unspecified atom stereocenters. The highest BCUT2D eigenvalue weighted by molar-refractivity contribution is 6.15. The highest BCUT2D eigenvalue weighted by Gasteiger charge is 2.39. The van der Waals surface area contributed by atoms with E-state index < -0.39 is 0 Å². The minimum absolute atomic E-state index is 0.140. The third-order valence-electron chi connectivity index (χ3n) is 11.2. The minimum atomic E-state index is 0.140. The van der Waals surface area contributed by atoms with Gasteiger partial charge in [0.25, 0.3) is 0 Å². The van der Waals surface area contributed by atoms with Crippen molar-refractivity contribution in [3.05, 3.63) is 139 Å². The summed E-state index contributed by atoms with van der Waals surface area (Å²) in [5, 5.41) is 0. The van der Waals surface area contributed by atoms with E-state index in [9.17, 15) is 9.59 Å². The number of rotatable bonds is 4. The summed E-state index contributed by atoms with van der Waals surface area (Å²) in [7, 11) is 0. The summed E-state index contributed by atoms with van der Waals surface area (Å²) >= 11 is 0. The molecule has 0 amide bonds. The molecule has 5 aliphatic rings. The van der Waals surface area contributed by atoms with Crippen molar-refractivity contribution in [3.63, 3.8) is 0 Å². The highest BCUT2D eigenvalue weighted by atomic mass is 16.1. The lowest BCUT2D eigenvalue weighted by atomic mass is 9.67. The maximum absolute atomic E-state index is 14.4. The first-order valence-corrected chi connectivity index (χ1v) is 16.1. The van der Waals surface area contributed by atoms with Gasteiger partial charge in [-0.2, -0.15) is 0 Å². The van der Waals surface area contributed by atoms with Crippen LogP contribution in [0.15, 0.2) is 71.8 Å². The molecule has 5 aliphatic carbocycles. The molecule has 0 radical (unpaired) electrons. The second kappa shape index (κ2) is 9.11. The van der Waals surface area contributed by atoms with Crippen molar-refractivity contribution in [1.82, 2.24) is 0 Å². The van der Waals surface area contributed by atoms with Gasteiger partial charge < -0.3 is 0 Å².